The zero-order chi connectivity index (χ0) is 15.3. The highest BCUT2D eigenvalue weighted by Gasteiger charge is 2.29. The largest absolute Gasteiger partial charge is 0.493 e. The number of benzene rings is 1. The van der Waals surface area contributed by atoms with E-state index in [2.05, 4.69) is 21.2 Å². The predicted molar refractivity (Wildman–Crippen MR) is 84.0 cm³/mol. The number of aliphatic hydroxyl groups is 1. The van der Waals surface area contributed by atoms with Gasteiger partial charge < -0.3 is 24.6 Å². The lowest BCUT2D eigenvalue weighted by molar-refractivity contribution is -0.0617. The molecule has 21 heavy (non-hydrogen) atoms. The van der Waals surface area contributed by atoms with Gasteiger partial charge in [-0.3, -0.25) is 0 Å². The summed E-state index contributed by atoms with van der Waals surface area (Å²) in [5.41, 5.74) is 0.393. The second kappa shape index (κ2) is 7.45. The Kier molecular flexibility index (Phi) is 5.87. The minimum Gasteiger partial charge on any atom is -0.493 e. The van der Waals surface area contributed by atoms with Gasteiger partial charge in [0.25, 0.3) is 0 Å². The van der Waals surface area contributed by atoms with Gasteiger partial charge in [-0.15, -0.1) is 0 Å². The molecule has 0 aliphatic carbocycles. The average Bonchev–Trinajstić information content (AvgIpc) is 2.49. The van der Waals surface area contributed by atoms with Crippen molar-refractivity contribution in [3.8, 4) is 11.5 Å². The summed E-state index contributed by atoms with van der Waals surface area (Å²) < 4.78 is 16.8. The Hall–Kier alpha value is -0.820. The molecular formula is C15H22BrNO4. The summed E-state index contributed by atoms with van der Waals surface area (Å²) >= 11 is 3.53. The van der Waals surface area contributed by atoms with Gasteiger partial charge in [-0.2, -0.15) is 0 Å². The number of nitrogens with one attached hydrogen (secondary N) is 1. The Balaban J connectivity index is 1.96. The lowest BCUT2D eigenvalue weighted by Gasteiger charge is -2.32. The monoisotopic (exact) mass is 359 g/mol. The molecule has 1 heterocycles. The molecule has 0 aromatic heterocycles. The van der Waals surface area contributed by atoms with Crippen LogP contribution in [0.1, 0.15) is 18.4 Å². The van der Waals surface area contributed by atoms with Crippen molar-refractivity contribution in [2.24, 2.45) is 0 Å². The maximum Gasteiger partial charge on any atom is 0.161 e. The van der Waals surface area contributed by atoms with E-state index >= 15 is 0 Å². The number of halogens is 1. The van der Waals surface area contributed by atoms with Gasteiger partial charge in [-0.1, -0.05) is 15.9 Å². The summed E-state index contributed by atoms with van der Waals surface area (Å²) in [6.07, 6.45) is 1.35. The van der Waals surface area contributed by atoms with Crippen LogP contribution < -0.4 is 14.8 Å². The van der Waals surface area contributed by atoms with Crippen molar-refractivity contribution >= 4 is 15.9 Å². The molecule has 1 aliphatic heterocycles. The van der Waals surface area contributed by atoms with Gasteiger partial charge in [0.15, 0.2) is 11.5 Å². The third-order valence-corrected chi connectivity index (χ3v) is 4.48. The van der Waals surface area contributed by atoms with Crippen LogP contribution in [0.4, 0.5) is 0 Å². The van der Waals surface area contributed by atoms with Crippen LogP contribution in [0, 0.1) is 0 Å². The summed E-state index contributed by atoms with van der Waals surface area (Å²) in [7, 11) is 3.23. The molecule has 0 unspecified atom stereocenters. The van der Waals surface area contributed by atoms with Crippen molar-refractivity contribution in [3.63, 3.8) is 0 Å². The molecule has 1 aromatic rings. The van der Waals surface area contributed by atoms with Crippen molar-refractivity contribution < 1.29 is 19.3 Å². The van der Waals surface area contributed by atoms with Crippen LogP contribution in [0.15, 0.2) is 16.6 Å². The number of rotatable bonds is 6. The fourth-order valence-corrected chi connectivity index (χ4v) is 2.85. The van der Waals surface area contributed by atoms with Crippen molar-refractivity contribution in [2.45, 2.75) is 25.0 Å². The first-order chi connectivity index (χ1) is 10.1. The Morgan fingerprint density at radius 2 is 1.86 bits per heavy atom. The van der Waals surface area contributed by atoms with Crippen LogP contribution >= 0.6 is 15.9 Å². The molecule has 1 fully saturated rings. The number of methoxy groups -OCH3 is 2. The zero-order valence-electron chi connectivity index (χ0n) is 12.4. The van der Waals surface area contributed by atoms with Gasteiger partial charge in [-0.05, 0) is 17.7 Å². The van der Waals surface area contributed by atoms with E-state index in [-0.39, 0.29) is 0 Å². The van der Waals surface area contributed by atoms with Crippen LogP contribution in [-0.2, 0) is 11.3 Å². The average molecular weight is 360 g/mol. The SMILES string of the molecule is COc1cc(Br)c(CNCC2(O)CCOCC2)cc1OC. The minimum absolute atomic E-state index is 0.553. The first-order valence-corrected chi connectivity index (χ1v) is 7.78. The highest BCUT2D eigenvalue weighted by Crippen LogP contribution is 2.33. The van der Waals surface area contributed by atoms with E-state index < -0.39 is 5.60 Å². The smallest absolute Gasteiger partial charge is 0.161 e. The normalized spacial score (nSPS) is 17.5. The second-order valence-electron chi connectivity index (χ2n) is 5.24. The van der Waals surface area contributed by atoms with Crippen LogP contribution in [-0.4, -0.2) is 44.7 Å². The number of hydrogen-bond acceptors (Lipinski definition) is 5. The molecule has 2 N–H and O–H groups in total. The summed E-state index contributed by atoms with van der Waals surface area (Å²) in [5.74, 6) is 1.39. The van der Waals surface area contributed by atoms with Gasteiger partial charge >= 0.3 is 0 Å². The minimum atomic E-state index is -0.665. The Labute approximate surface area is 133 Å². The Bertz CT molecular complexity index is 475. The van der Waals surface area contributed by atoms with E-state index in [1.165, 1.54) is 0 Å². The summed E-state index contributed by atoms with van der Waals surface area (Å²) in [6.45, 7) is 2.44. The van der Waals surface area contributed by atoms with Crippen molar-refractivity contribution in [1.29, 1.82) is 0 Å². The van der Waals surface area contributed by atoms with Crippen LogP contribution in [0.3, 0.4) is 0 Å². The van der Waals surface area contributed by atoms with Gasteiger partial charge in [0.1, 0.15) is 0 Å². The molecule has 0 atom stereocenters. The third-order valence-electron chi connectivity index (χ3n) is 3.75. The molecule has 0 amide bonds. The van der Waals surface area contributed by atoms with E-state index in [1.54, 1.807) is 14.2 Å². The molecular weight excluding hydrogens is 338 g/mol. The summed E-state index contributed by atoms with van der Waals surface area (Å²) in [5, 5.41) is 13.7. The van der Waals surface area contributed by atoms with E-state index in [4.69, 9.17) is 14.2 Å². The molecule has 118 valence electrons. The van der Waals surface area contributed by atoms with Crippen molar-refractivity contribution in [3.05, 3.63) is 22.2 Å². The van der Waals surface area contributed by atoms with E-state index in [0.29, 0.717) is 50.6 Å². The highest BCUT2D eigenvalue weighted by molar-refractivity contribution is 9.10. The maximum absolute atomic E-state index is 10.4. The van der Waals surface area contributed by atoms with Crippen LogP contribution in [0.5, 0.6) is 11.5 Å². The molecule has 2 rings (SSSR count). The zero-order valence-corrected chi connectivity index (χ0v) is 14.0. The Morgan fingerprint density at radius 1 is 1.24 bits per heavy atom. The maximum atomic E-state index is 10.4. The second-order valence-corrected chi connectivity index (χ2v) is 6.09. The lowest BCUT2D eigenvalue weighted by atomic mass is 9.94. The molecule has 1 aromatic carbocycles. The standard InChI is InChI=1S/C15H22BrNO4/c1-19-13-7-11(12(16)8-14(13)20-2)9-17-10-15(18)3-5-21-6-4-15/h7-8,17-18H,3-6,9-10H2,1-2H3. The molecule has 1 saturated heterocycles. The molecule has 1 aliphatic rings. The van der Waals surface area contributed by atoms with E-state index in [0.717, 1.165) is 10.0 Å². The molecule has 5 nitrogen and oxygen atoms in total. The van der Waals surface area contributed by atoms with Gasteiger partial charge in [0.05, 0.1) is 19.8 Å². The van der Waals surface area contributed by atoms with Crippen LogP contribution in [0.2, 0.25) is 0 Å². The summed E-state index contributed by atoms with van der Waals surface area (Å²) in [4.78, 5) is 0. The number of ether oxygens (including phenoxy) is 3. The molecule has 0 bridgehead atoms. The molecule has 0 radical (unpaired) electrons. The van der Waals surface area contributed by atoms with Crippen LogP contribution in [0.25, 0.3) is 0 Å². The first kappa shape index (κ1) is 16.5. The third kappa shape index (κ3) is 4.32. The summed E-state index contributed by atoms with van der Waals surface area (Å²) in [6, 6.07) is 3.82. The predicted octanol–water partition coefficient (Wildman–Crippen LogP) is 2.10. The molecule has 0 spiro atoms. The fraction of sp³-hybridized carbons (Fsp3) is 0.600. The van der Waals surface area contributed by atoms with E-state index in [1.807, 2.05) is 12.1 Å². The molecule has 0 saturated carbocycles. The quantitative estimate of drug-likeness (QED) is 0.814. The van der Waals surface area contributed by atoms with Crippen molar-refractivity contribution in [1.82, 2.24) is 5.32 Å². The number of hydrogen-bond donors (Lipinski definition) is 2. The molecule has 6 heteroatoms. The fourth-order valence-electron chi connectivity index (χ4n) is 2.39. The first-order valence-electron chi connectivity index (χ1n) is 6.99. The van der Waals surface area contributed by atoms with E-state index in [9.17, 15) is 5.11 Å². The Morgan fingerprint density at radius 3 is 2.48 bits per heavy atom. The van der Waals surface area contributed by atoms with Crippen molar-refractivity contribution in [2.75, 3.05) is 34.0 Å². The van der Waals surface area contributed by atoms with Gasteiger partial charge in [0, 0.05) is 43.6 Å². The van der Waals surface area contributed by atoms with Gasteiger partial charge in [0.2, 0.25) is 0 Å². The van der Waals surface area contributed by atoms with Gasteiger partial charge in [-0.25, -0.2) is 0 Å². The lowest BCUT2D eigenvalue weighted by Crippen LogP contribution is -2.44. The topological polar surface area (TPSA) is 60.0 Å². The highest BCUT2D eigenvalue weighted by atomic mass is 79.9.